The minimum Gasteiger partial charge on any atom is -0.464 e. The lowest BCUT2D eigenvalue weighted by Gasteiger charge is -2.19. The number of hydrogen-bond donors (Lipinski definition) is 1. The number of carbonyl (C=O) groups excluding carboxylic acids is 1. The summed E-state index contributed by atoms with van der Waals surface area (Å²) >= 11 is 0. The van der Waals surface area contributed by atoms with Gasteiger partial charge in [0.2, 0.25) is 0 Å². The van der Waals surface area contributed by atoms with Gasteiger partial charge in [-0.2, -0.15) is 0 Å². The van der Waals surface area contributed by atoms with Crippen LogP contribution in [0.25, 0.3) is 0 Å². The molecule has 0 fully saturated rings. The molecule has 0 aliphatic carbocycles. The van der Waals surface area contributed by atoms with Crippen LogP contribution in [-0.2, 0) is 9.53 Å². The first-order chi connectivity index (χ1) is 5.37. The van der Waals surface area contributed by atoms with E-state index in [1.54, 1.807) is 14.0 Å². The number of ether oxygens (including phenoxy) is 1. The van der Waals surface area contributed by atoms with Crippen molar-refractivity contribution in [3.63, 3.8) is 0 Å². The first-order valence-corrected chi connectivity index (χ1v) is 4.21. The number of nitrogens with one attached hydrogen (secondary N) is 1. The Morgan fingerprint density at radius 2 is 2.00 bits per heavy atom. The standard InChI is InChI=1S/C9H19NO2/c1-7(10-5)8(11)12-6-9(2,3)4/h7,10H,6H2,1-5H3. The molecule has 0 bridgehead atoms. The number of esters is 1. The van der Waals surface area contributed by atoms with Gasteiger partial charge in [0.15, 0.2) is 0 Å². The summed E-state index contributed by atoms with van der Waals surface area (Å²) in [5.74, 6) is -0.188. The van der Waals surface area contributed by atoms with Gasteiger partial charge < -0.3 is 10.1 Å². The Bertz CT molecular complexity index is 149. The molecule has 0 aliphatic heterocycles. The van der Waals surface area contributed by atoms with Crippen LogP contribution in [-0.4, -0.2) is 25.7 Å². The van der Waals surface area contributed by atoms with E-state index in [1.807, 2.05) is 20.8 Å². The maximum atomic E-state index is 11.1. The zero-order valence-electron chi connectivity index (χ0n) is 8.60. The van der Waals surface area contributed by atoms with Crippen LogP contribution in [0.1, 0.15) is 27.7 Å². The van der Waals surface area contributed by atoms with Crippen LogP contribution in [0, 0.1) is 5.41 Å². The van der Waals surface area contributed by atoms with Crippen LogP contribution in [0.15, 0.2) is 0 Å². The van der Waals surface area contributed by atoms with E-state index in [-0.39, 0.29) is 17.4 Å². The molecule has 0 radical (unpaired) electrons. The molecule has 0 spiro atoms. The van der Waals surface area contributed by atoms with E-state index in [2.05, 4.69) is 5.32 Å². The molecule has 0 rings (SSSR count). The van der Waals surface area contributed by atoms with Crippen LogP contribution in [0.3, 0.4) is 0 Å². The van der Waals surface area contributed by atoms with Crippen LogP contribution in [0.5, 0.6) is 0 Å². The molecular formula is C9H19NO2. The van der Waals surface area contributed by atoms with E-state index in [4.69, 9.17) is 4.74 Å². The summed E-state index contributed by atoms with van der Waals surface area (Å²) in [4.78, 5) is 11.1. The van der Waals surface area contributed by atoms with E-state index < -0.39 is 0 Å². The molecule has 3 heteroatoms. The highest BCUT2D eigenvalue weighted by Gasteiger charge is 2.16. The third-order valence-electron chi connectivity index (χ3n) is 1.43. The number of rotatable bonds is 3. The molecule has 0 saturated heterocycles. The van der Waals surface area contributed by atoms with Crippen LogP contribution in [0.2, 0.25) is 0 Å². The number of likely N-dealkylation sites (N-methyl/N-ethyl adjacent to an activating group) is 1. The molecule has 0 saturated carbocycles. The van der Waals surface area contributed by atoms with Gasteiger partial charge in [0.25, 0.3) is 0 Å². The Hall–Kier alpha value is -0.570. The van der Waals surface area contributed by atoms with Crippen molar-refractivity contribution in [2.75, 3.05) is 13.7 Å². The first kappa shape index (κ1) is 11.4. The molecule has 72 valence electrons. The third kappa shape index (κ3) is 5.13. The van der Waals surface area contributed by atoms with E-state index in [9.17, 15) is 4.79 Å². The minimum absolute atomic E-state index is 0.0448. The second-order valence-corrected chi connectivity index (χ2v) is 4.18. The van der Waals surface area contributed by atoms with Crippen molar-refractivity contribution < 1.29 is 9.53 Å². The molecule has 0 aromatic rings. The lowest BCUT2D eigenvalue weighted by molar-refractivity contribution is -0.148. The van der Waals surface area contributed by atoms with Crippen molar-refractivity contribution in [1.29, 1.82) is 0 Å². The Labute approximate surface area is 74.5 Å². The highest BCUT2D eigenvalue weighted by Crippen LogP contribution is 2.12. The lowest BCUT2D eigenvalue weighted by Crippen LogP contribution is -2.34. The topological polar surface area (TPSA) is 38.3 Å². The highest BCUT2D eigenvalue weighted by molar-refractivity contribution is 5.75. The largest absolute Gasteiger partial charge is 0.464 e. The van der Waals surface area contributed by atoms with Crippen molar-refractivity contribution in [3.05, 3.63) is 0 Å². The summed E-state index contributed by atoms with van der Waals surface area (Å²) in [5.41, 5.74) is 0.0448. The fraction of sp³-hybridized carbons (Fsp3) is 0.889. The van der Waals surface area contributed by atoms with Crippen molar-refractivity contribution in [2.45, 2.75) is 33.7 Å². The van der Waals surface area contributed by atoms with Crippen molar-refractivity contribution >= 4 is 5.97 Å². The van der Waals surface area contributed by atoms with Gasteiger partial charge in [-0.1, -0.05) is 20.8 Å². The van der Waals surface area contributed by atoms with Crippen molar-refractivity contribution in [2.24, 2.45) is 5.41 Å². The Morgan fingerprint density at radius 1 is 1.50 bits per heavy atom. The predicted octanol–water partition coefficient (Wildman–Crippen LogP) is 1.18. The van der Waals surface area contributed by atoms with Gasteiger partial charge in [-0.25, -0.2) is 0 Å². The maximum absolute atomic E-state index is 11.1. The Kier molecular flexibility index (Phi) is 4.24. The summed E-state index contributed by atoms with van der Waals surface area (Å²) in [6.45, 7) is 8.35. The SMILES string of the molecule is CNC(C)C(=O)OCC(C)(C)C. The first-order valence-electron chi connectivity index (χ1n) is 4.21. The van der Waals surface area contributed by atoms with Gasteiger partial charge in [0.05, 0.1) is 6.61 Å². The molecule has 1 unspecified atom stereocenters. The third-order valence-corrected chi connectivity index (χ3v) is 1.43. The molecule has 0 amide bonds. The molecule has 1 N–H and O–H groups in total. The second-order valence-electron chi connectivity index (χ2n) is 4.18. The van der Waals surface area contributed by atoms with E-state index in [1.165, 1.54) is 0 Å². The van der Waals surface area contributed by atoms with Crippen LogP contribution < -0.4 is 5.32 Å². The second kappa shape index (κ2) is 4.45. The van der Waals surface area contributed by atoms with Crippen molar-refractivity contribution in [1.82, 2.24) is 5.32 Å². The molecule has 0 aromatic heterocycles. The number of carbonyl (C=O) groups is 1. The number of hydrogen-bond acceptors (Lipinski definition) is 3. The maximum Gasteiger partial charge on any atom is 0.322 e. The van der Waals surface area contributed by atoms with Gasteiger partial charge in [-0.3, -0.25) is 4.79 Å². The fourth-order valence-electron chi connectivity index (χ4n) is 0.530. The van der Waals surface area contributed by atoms with E-state index in [0.717, 1.165) is 0 Å². The smallest absolute Gasteiger partial charge is 0.322 e. The van der Waals surface area contributed by atoms with Gasteiger partial charge in [0.1, 0.15) is 6.04 Å². The predicted molar refractivity (Wildman–Crippen MR) is 48.9 cm³/mol. The summed E-state index contributed by atoms with van der Waals surface area (Å²) in [6.07, 6.45) is 0. The fourth-order valence-corrected chi connectivity index (χ4v) is 0.530. The summed E-state index contributed by atoms with van der Waals surface area (Å²) in [5, 5.41) is 2.83. The zero-order valence-corrected chi connectivity index (χ0v) is 8.60. The van der Waals surface area contributed by atoms with Crippen LogP contribution >= 0.6 is 0 Å². The quantitative estimate of drug-likeness (QED) is 0.651. The Balaban J connectivity index is 3.72. The summed E-state index contributed by atoms with van der Waals surface area (Å²) in [6, 6.07) is -0.215. The van der Waals surface area contributed by atoms with Gasteiger partial charge in [0, 0.05) is 0 Å². The monoisotopic (exact) mass is 173 g/mol. The normalized spacial score (nSPS) is 14.1. The van der Waals surface area contributed by atoms with Gasteiger partial charge in [-0.05, 0) is 19.4 Å². The van der Waals surface area contributed by atoms with Gasteiger partial charge in [-0.15, -0.1) is 0 Å². The lowest BCUT2D eigenvalue weighted by atomic mass is 9.99. The van der Waals surface area contributed by atoms with E-state index >= 15 is 0 Å². The highest BCUT2D eigenvalue weighted by atomic mass is 16.5. The molecule has 0 aliphatic rings. The molecule has 1 atom stereocenters. The Morgan fingerprint density at radius 3 is 2.33 bits per heavy atom. The molecule has 3 nitrogen and oxygen atoms in total. The van der Waals surface area contributed by atoms with Crippen molar-refractivity contribution in [3.8, 4) is 0 Å². The molecular weight excluding hydrogens is 154 g/mol. The minimum atomic E-state index is -0.215. The van der Waals surface area contributed by atoms with E-state index in [0.29, 0.717) is 6.61 Å². The summed E-state index contributed by atoms with van der Waals surface area (Å²) < 4.78 is 5.06. The molecule has 0 aromatic carbocycles. The average molecular weight is 173 g/mol. The summed E-state index contributed by atoms with van der Waals surface area (Å²) in [7, 11) is 1.74. The van der Waals surface area contributed by atoms with Gasteiger partial charge >= 0.3 is 5.97 Å². The average Bonchev–Trinajstić information content (AvgIpc) is 1.97. The molecule has 0 heterocycles. The zero-order chi connectivity index (χ0) is 9.78. The van der Waals surface area contributed by atoms with Crippen LogP contribution in [0.4, 0.5) is 0 Å². The molecule has 12 heavy (non-hydrogen) atoms.